The number of hydrogen-bond acceptors (Lipinski definition) is 9. The van der Waals surface area contributed by atoms with Gasteiger partial charge in [-0.3, -0.25) is 19.3 Å². The first-order valence-electron chi connectivity index (χ1n) is 15.0. The Morgan fingerprint density at radius 2 is 1.52 bits per heavy atom. The van der Waals surface area contributed by atoms with Gasteiger partial charge in [0.05, 0.1) is 23.6 Å². The minimum absolute atomic E-state index is 0.0155. The van der Waals surface area contributed by atoms with Crippen molar-refractivity contribution in [1.29, 1.82) is 0 Å². The maximum absolute atomic E-state index is 14.3. The minimum Gasteiger partial charge on any atom is -0.510 e. The number of benzene rings is 1. The van der Waals surface area contributed by atoms with E-state index in [0.717, 1.165) is 43.1 Å². The molecule has 0 aliphatic heterocycles. The molecule has 6 unspecified atom stereocenters. The van der Waals surface area contributed by atoms with E-state index in [2.05, 4.69) is 0 Å². The van der Waals surface area contributed by atoms with Gasteiger partial charge in [0.2, 0.25) is 5.78 Å². The number of likely N-dealkylation sites (N-methyl/N-ethyl adjacent to an activating group) is 1. The normalized spacial score (nSPS) is 42.1. The van der Waals surface area contributed by atoms with Crippen molar-refractivity contribution in [2.45, 2.75) is 68.6 Å². The molecule has 0 radical (unpaired) electrons. The average molecular weight is 579 g/mol. The number of carbonyl (C=O) groups is 3. The number of nitrogens with two attached hydrogens (primary N) is 1. The van der Waals surface area contributed by atoms with Gasteiger partial charge in [-0.1, -0.05) is 19.1 Å². The second kappa shape index (κ2) is 8.90. The summed E-state index contributed by atoms with van der Waals surface area (Å²) in [4.78, 5) is 41.5. The van der Waals surface area contributed by atoms with Crippen molar-refractivity contribution in [2.75, 3.05) is 14.1 Å². The lowest BCUT2D eigenvalue weighted by molar-refractivity contribution is -0.162. The summed E-state index contributed by atoms with van der Waals surface area (Å²) in [6.07, 6.45) is 4.16. The summed E-state index contributed by atoms with van der Waals surface area (Å²) in [6.45, 7) is 1.76. The zero-order chi connectivity index (χ0) is 30.2. The average Bonchev–Trinajstić information content (AvgIpc) is 2.90. The number of phenolic OH excluding ortho intramolecular Hbond substituents is 1. The third-order valence-electron chi connectivity index (χ3n) is 11.7. The van der Waals surface area contributed by atoms with Gasteiger partial charge in [-0.15, -0.1) is 0 Å². The molecule has 4 fully saturated rings. The quantitative estimate of drug-likeness (QED) is 0.293. The van der Waals surface area contributed by atoms with Gasteiger partial charge >= 0.3 is 0 Å². The highest BCUT2D eigenvalue weighted by molar-refractivity contribution is 6.25. The third kappa shape index (κ3) is 3.28. The molecule has 0 aromatic heterocycles. The fourth-order valence-electron chi connectivity index (χ4n) is 10.3. The standard InChI is InChI=1S/C32H38N2O8/c1-11-16-4-5-17(19-14-7-12-6-13(9-14)10-15(19)8-12)25(35)20(16)26(36)21-18(11)27(37)23-24(34(2)3)28(38)22(31(33)41)30(40)32(23,42)29(21)39/h4-5,11-15,18-19,23-24,27,35,37-39,42H,6-10H2,1-3H3,(H2,33,41). The predicted octanol–water partition coefficient (Wildman–Crippen LogP) is 2.19. The van der Waals surface area contributed by atoms with Crippen molar-refractivity contribution in [3.63, 3.8) is 0 Å². The molecule has 1 aromatic carbocycles. The lowest BCUT2D eigenvalue weighted by atomic mass is 9.50. The van der Waals surface area contributed by atoms with E-state index in [1.807, 2.05) is 12.1 Å². The van der Waals surface area contributed by atoms with E-state index in [-0.39, 0.29) is 22.8 Å². The first kappa shape index (κ1) is 27.6. The molecule has 10 heteroatoms. The largest absolute Gasteiger partial charge is 0.510 e. The Balaban J connectivity index is 1.39. The van der Waals surface area contributed by atoms with Crippen LogP contribution in [0.15, 0.2) is 34.8 Å². The number of fused-ring (bicyclic) bond motifs is 3. The Hall–Kier alpha value is -3.21. The molecule has 42 heavy (non-hydrogen) atoms. The summed E-state index contributed by atoms with van der Waals surface area (Å²) in [7, 11) is 3.04. The molecule has 0 saturated heterocycles. The molecule has 10 nitrogen and oxygen atoms in total. The smallest absolute Gasteiger partial charge is 0.255 e. The second-order valence-electron chi connectivity index (χ2n) is 14.0. The molecular formula is C32H38N2O8. The van der Waals surface area contributed by atoms with Crippen molar-refractivity contribution < 1.29 is 39.9 Å². The summed E-state index contributed by atoms with van der Waals surface area (Å²) in [5.74, 6) is -6.01. The van der Waals surface area contributed by atoms with E-state index < -0.39 is 70.1 Å². The van der Waals surface area contributed by atoms with Gasteiger partial charge in [-0.05, 0) is 92.8 Å². The predicted molar refractivity (Wildman–Crippen MR) is 150 cm³/mol. The first-order valence-corrected chi connectivity index (χ1v) is 15.0. The fraction of sp³-hybridized carbons (Fsp3) is 0.594. The Labute approximate surface area is 243 Å². The number of carbonyl (C=O) groups excluding carboxylic acids is 3. The van der Waals surface area contributed by atoms with E-state index >= 15 is 0 Å². The topological polar surface area (TPSA) is 182 Å². The fourth-order valence-corrected chi connectivity index (χ4v) is 10.3. The Bertz CT molecular complexity index is 1480. The van der Waals surface area contributed by atoms with Crippen LogP contribution in [-0.4, -0.2) is 79.7 Å². The van der Waals surface area contributed by atoms with Crippen LogP contribution in [0.25, 0.3) is 0 Å². The van der Waals surface area contributed by atoms with Crippen LogP contribution in [0.1, 0.15) is 72.3 Å². The molecule has 4 bridgehead atoms. The van der Waals surface area contributed by atoms with Gasteiger partial charge in [0.15, 0.2) is 11.4 Å². The number of hydrogen-bond donors (Lipinski definition) is 6. The van der Waals surface area contributed by atoms with Crippen LogP contribution in [0, 0.1) is 35.5 Å². The Kier molecular flexibility index (Phi) is 5.85. The van der Waals surface area contributed by atoms with Crippen LogP contribution in [0.3, 0.4) is 0 Å². The van der Waals surface area contributed by atoms with Gasteiger partial charge in [0.1, 0.15) is 22.8 Å². The van der Waals surface area contributed by atoms with Crippen LogP contribution in [0.4, 0.5) is 0 Å². The first-order chi connectivity index (χ1) is 19.8. The highest BCUT2D eigenvalue weighted by Crippen LogP contribution is 2.62. The summed E-state index contributed by atoms with van der Waals surface area (Å²) in [5.41, 5.74) is 2.49. The lowest BCUT2D eigenvalue weighted by Crippen LogP contribution is -2.68. The van der Waals surface area contributed by atoms with Crippen LogP contribution in [0.5, 0.6) is 5.75 Å². The van der Waals surface area contributed by atoms with E-state index in [1.54, 1.807) is 6.92 Å². The van der Waals surface area contributed by atoms with Crippen LogP contribution in [-0.2, 0) is 9.59 Å². The number of phenols is 1. The number of nitrogens with zero attached hydrogens (tertiary/aromatic N) is 1. The molecule has 7 aliphatic rings. The molecule has 0 heterocycles. The van der Waals surface area contributed by atoms with Gasteiger partial charge in [-0.2, -0.15) is 0 Å². The van der Waals surface area contributed by atoms with Crippen LogP contribution < -0.4 is 5.73 Å². The molecule has 6 atom stereocenters. The summed E-state index contributed by atoms with van der Waals surface area (Å²) < 4.78 is 0. The van der Waals surface area contributed by atoms with Gasteiger partial charge < -0.3 is 31.3 Å². The molecule has 7 N–H and O–H groups in total. The molecule has 1 amide bonds. The van der Waals surface area contributed by atoms with Crippen LogP contribution >= 0.6 is 0 Å². The molecule has 1 aromatic rings. The van der Waals surface area contributed by atoms with E-state index in [9.17, 15) is 39.9 Å². The third-order valence-corrected chi connectivity index (χ3v) is 11.7. The lowest BCUT2D eigenvalue weighted by Gasteiger charge is -2.55. The van der Waals surface area contributed by atoms with Crippen LogP contribution in [0.2, 0.25) is 0 Å². The maximum atomic E-state index is 14.3. The molecular weight excluding hydrogens is 540 g/mol. The summed E-state index contributed by atoms with van der Waals surface area (Å²) in [5, 5.41) is 58.0. The van der Waals surface area contributed by atoms with E-state index in [1.165, 1.54) is 25.4 Å². The zero-order valence-electron chi connectivity index (χ0n) is 23.9. The molecule has 0 spiro atoms. The minimum atomic E-state index is -2.90. The highest BCUT2D eigenvalue weighted by Gasteiger charge is 2.67. The van der Waals surface area contributed by atoms with Crippen molar-refractivity contribution in [3.05, 3.63) is 51.5 Å². The highest BCUT2D eigenvalue weighted by atomic mass is 16.4. The number of Topliss-reactive ketones (excluding diaryl/α,β-unsaturated/α-hetero) is 2. The molecule has 8 rings (SSSR count). The zero-order valence-corrected chi connectivity index (χ0v) is 23.9. The van der Waals surface area contributed by atoms with Gasteiger partial charge in [-0.25, -0.2) is 0 Å². The second-order valence-corrected chi connectivity index (χ2v) is 14.0. The van der Waals surface area contributed by atoms with E-state index in [4.69, 9.17) is 5.73 Å². The number of aliphatic hydroxyl groups is 4. The molecule has 7 aliphatic carbocycles. The van der Waals surface area contributed by atoms with Gasteiger partial charge in [0.25, 0.3) is 5.91 Å². The van der Waals surface area contributed by atoms with E-state index in [0.29, 0.717) is 17.4 Å². The van der Waals surface area contributed by atoms with Crippen molar-refractivity contribution in [2.24, 2.45) is 41.2 Å². The number of aliphatic hydroxyl groups excluding tert-OH is 3. The monoisotopic (exact) mass is 578 g/mol. The van der Waals surface area contributed by atoms with Crippen molar-refractivity contribution in [3.8, 4) is 5.75 Å². The maximum Gasteiger partial charge on any atom is 0.255 e. The number of aromatic hydroxyl groups is 1. The number of rotatable bonds is 3. The number of amides is 1. The summed E-state index contributed by atoms with van der Waals surface area (Å²) >= 11 is 0. The summed E-state index contributed by atoms with van der Waals surface area (Å²) in [6, 6.07) is 2.47. The SMILES string of the molecule is CC1c2ccc(C3C4CC5CC(C4)CC3C5)c(O)c2C(=O)C2=C(O)C3(O)C(=O)C(C(N)=O)=C(O)C(N(C)C)C3C(O)C21. The Morgan fingerprint density at radius 3 is 2.07 bits per heavy atom. The molecule has 4 saturated carbocycles. The van der Waals surface area contributed by atoms with Gasteiger partial charge in [0, 0.05) is 11.5 Å². The van der Waals surface area contributed by atoms with Crippen molar-refractivity contribution in [1.82, 2.24) is 4.90 Å². The number of primary amides is 1. The number of ketones is 2. The van der Waals surface area contributed by atoms with Crippen molar-refractivity contribution >= 4 is 17.5 Å². The molecule has 224 valence electrons. The Morgan fingerprint density at radius 1 is 0.952 bits per heavy atom.